The van der Waals surface area contributed by atoms with E-state index in [1.807, 2.05) is 0 Å². The normalized spacial score (nSPS) is 19.5. The van der Waals surface area contributed by atoms with Crippen LogP contribution in [0.1, 0.15) is 6.42 Å². The van der Waals surface area contributed by atoms with Crippen molar-refractivity contribution < 1.29 is 8.42 Å². The summed E-state index contributed by atoms with van der Waals surface area (Å²) in [6.07, 6.45) is 0.823. The monoisotopic (exact) mass is 388 g/mol. The summed E-state index contributed by atoms with van der Waals surface area (Å²) in [6, 6.07) is 4.80. The average Bonchev–Trinajstić information content (AvgIpc) is 2.80. The molecule has 0 aliphatic carbocycles. The van der Waals surface area contributed by atoms with Crippen LogP contribution in [0, 0.1) is 0 Å². The fourth-order valence-electron chi connectivity index (χ4n) is 1.99. The average molecular weight is 390 g/mol. The van der Waals surface area contributed by atoms with Crippen LogP contribution in [0.3, 0.4) is 0 Å². The maximum absolute atomic E-state index is 12.4. The highest BCUT2D eigenvalue weighted by molar-refractivity contribution is 9.10. The summed E-state index contributed by atoms with van der Waals surface area (Å²) in [7, 11) is -1.93. The van der Waals surface area contributed by atoms with Crippen LogP contribution in [0.2, 0.25) is 5.02 Å². The first kappa shape index (κ1) is 17.2. The van der Waals surface area contributed by atoms with Gasteiger partial charge in [0.2, 0.25) is 10.0 Å². The molecule has 1 fully saturated rings. The number of hydrogen-bond acceptors (Lipinski definition) is 3. The van der Waals surface area contributed by atoms with E-state index >= 15 is 0 Å². The van der Waals surface area contributed by atoms with Crippen LogP contribution in [-0.4, -0.2) is 38.9 Å². The molecular weight excluding hydrogens is 375 g/mol. The zero-order valence-corrected chi connectivity index (χ0v) is 14.2. The number of sulfonamides is 1. The number of hydrogen-bond donors (Lipinski definition) is 1. The summed E-state index contributed by atoms with van der Waals surface area (Å²) in [5, 5.41) is 3.39. The maximum Gasteiger partial charge on any atom is 0.244 e. The van der Waals surface area contributed by atoms with Gasteiger partial charge < -0.3 is 5.32 Å². The SMILES string of the molecule is CN(C1CCNC1)S(=O)(=O)c1ccc(Br)cc1Cl.Cl. The molecule has 0 radical (unpaired) electrons. The van der Waals surface area contributed by atoms with Crippen LogP contribution in [-0.2, 0) is 10.0 Å². The molecule has 1 N–H and O–H groups in total. The van der Waals surface area contributed by atoms with Gasteiger partial charge in [0.15, 0.2) is 0 Å². The second-order valence-electron chi connectivity index (χ2n) is 4.24. The van der Waals surface area contributed by atoms with Crippen LogP contribution >= 0.6 is 39.9 Å². The third-order valence-electron chi connectivity index (χ3n) is 3.10. The molecule has 1 atom stereocenters. The molecule has 1 heterocycles. The Hall–Kier alpha value is 0.150. The number of likely N-dealkylation sites (N-methyl/N-ethyl adjacent to an activating group) is 1. The second-order valence-corrected chi connectivity index (χ2v) is 7.53. The van der Waals surface area contributed by atoms with Crippen molar-refractivity contribution in [2.24, 2.45) is 0 Å². The Morgan fingerprint density at radius 3 is 2.68 bits per heavy atom. The highest BCUT2D eigenvalue weighted by Crippen LogP contribution is 2.28. The summed E-state index contributed by atoms with van der Waals surface area (Å²) in [6.45, 7) is 1.53. The van der Waals surface area contributed by atoms with E-state index < -0.39 is 10.0 Å². The largest absolute Gasteiger partial charge is 0.315 e. The summed E-state index contributed by atoms with van der Waals surface area (Å²) in [5.41, 5.74) is 0. The molecule has 2 rings (SSSR count). The van der Waals surface area contributed by atoms with Gasteiger partial charge in [-0.2, -0.15) is 4.31 Å². The van der Waals surface area contributed by atoms with Crippen molar-refractivity contribution in [1.82, 2.24) is 9.62 Å². The van der Waals surface area contributed by atoms with Gasteiger partial charge in [-0.25, -0.2) is 8.42 Å². The first-order valence-corrected chi connectivity index (χ1v) is 8.18. The number of nitrogens with zero attached hydrogens (tertiary/aromatic N) is 1. The molecule has 1 aromatic rings. The van der Waals surface area contributed by atoms with Gasteiger partial charge in [0.25, 0.3) is 0 Å². The zero-order chi connectivity index (χ0) is 13.3. The van der Waals surface area contributed by atoms with Crippen molar-refractivity contribution in [3.8, 4) is 0 Å². The fraction of sp³-hybridized carbons (Fsp3) is 0.455. The predicted octanol–water partition coefficient (Wildman–Crippen LogP) is 2.51. The molecule has 0 bridgehead atoms. The van der Waals surface area contributed by atoms with Crippen molar-refractivity contribution in [3.05, 3.63) is 27.7 Å². The molecule has 0 aromatic heterocycles. The van der Waals surface area contributed by atoms with Gasteiger partial charge in [-0.1, -0.05) is 27.5 Å². The molecule has 0 saturated carbocycles. The number of rotatable bonds is 3. The molecule has 8 heteroatoms. The first-order valence-electron chi connectivity index (χ1n) is 5.57. The fourth-order valence-corrected chi connectivity index (χ4v) is 4.38. The predicted molar refractivity (Wildman–Crippen MR) is 82.6 cm³/mol. The Kier molecular flexibility index (Phi) is 6.10. The molecule has 0 amide bonds. The standard InChI is InChI=1S/C11H14BrClN2O2S.ClH/c1-15(9-4-5-14-7-9)18(16,17)11-3-2-8(12)6-10(11)13;/h2-3,6,9,14H,4-5,7H2,1H3;1H. The van der Waals surface area contributed by atoms with Gasteiger partial charge in [-0.05, 0) is 31.2 Å². The Bertz CT molecular complexity index is 548. The van der Waals surface area contributed by atoms with E-state index in [0.717, 1.165) is 17.4 Å². The van der Waals surface area contributed by atoms with E-state index in [-0.39, 0.29) is 28.4 Å². The molecule has 4 nitrogen and oxygen atoms in total. The van der Waals surface area contributed by atoms with E-state index in [1.54, 1.807) is 19.2 Å². The molecule has 1 saturated heterocycles. The Morgan fingerprint density at radius 1 is 1.47 bits per heavy atom. The third-order valence-corrected chi connectivity index (χ3v) is 5.99. The van der Waals surface area contributed by atoms with Gasteiger partial charge >= 0.3 is 0 Å². The summed E-state index contributed by atoms with van der Waals surface area (Å²) in [4.78, 5) is 0.154. The molecule has 19 heavy (non-hydrogen) atoms. The lowest BCUT2D eigenvalue weighted by Gasteiger charge is -2.23. The first-order chi connectivity index (χ1) is 8.43. The number of halogens is 3. The third kappa shape index (κ3) is 3.62. The van der Waals surface area contributed by atoms with Crippen LogP contribution in [0.5, 0.6) is 0 Å². The topological polar surface area (TPSA) is 49.4 Å². The van der Waals surface area contributed by atoms with Crippen LogP contribution < -0.4 is 5.32 Å². The van der Waals surface area contributed by atoms with E-state index in [2.05, 4.69) is 21.2 Å². The van der Waals surface area contributed by atoms with Crippen molar-refractivity contribution in [3.63, 3.8) is 0 Å². The van der Waals surface area contributed by atoms with Crippen LogP contribution in [0.15, 0.2) is 27.6 Å². The molecular formula is C11H15BrCl2N2O2S. The Balaban J connectivity index is 0.00000180. The second kappa shape index (κ2) is 6.74. The molecule has 1 aromatic carbocycles. The Morgan fingerprint density at radius 2 is 2.16 bits per heavy atom. The smallest absolute Gasteiger partial charge is 0.244 e. The molecule has 108 valence electrons. The van der Waals surface area contributed by atoms with E-state index in [4.69, 9.17) is 11.6 Å². The van der Waals surface area contributed by atoms with Crippen molar-refractivity contribution in [1.29, 1.82) is 0 Å². The molecule has 1 unspecified atom stereocenters. The van der Waals surface area contributed by atoms with E-state index in [9.17, 15) is 8.42 Å². The van der Waals surface area contributed by atoms with Gasteiger partial charge in [-0.15, -0.1) is 12.4 Å². The highest BCUT2D eigenvalue weighted by Gasteiger charge is 2.31. The van der Waals surface area contributed by atoms with Gasteiger partial charge in [-0.3, -0.25) is 0 Å². The van der Waals surface area contributed by atoms with Gasteiger partial charge in [0.05, 0.1) is 5.02 Å². The highest BCUT2D eigenvalue weighted by atomic mass is 79.9. The molecule has 1 aliphatic rings. The lowest BCUT2D eigenvalue weighted by molar-refractivity contribution is 0.388. The number of benzene rings is 1. The van der Waals surface area contributed by atoms with Crippen molar-refractivity contribution in [2.75, 3.05) is 20.1 Å². The summed E-state index contributed by atoms with van der Waals surface area (Å²) >= 11 is 9.28. The number of nitrogens with one attached hydrogen (secondary N) is 1. The van der Waals surface area contributed by atoms with Gasteiger partial charge in [0, 0.05) is 24.1 Å². The van der Waals surface area contributed by atoms with E-state index in [1.165, 1.54) is 10.4 Å². The summed E-state index contributed by atoms with van der Waals surface area (Å²) < 4.78 is 27.1. The minimum atomic E-state index is -3.53. The minimum Gasteiger partial charge on any atom is -0.315 e. The summed E-state index contributed by atoms with van der Waals surface area (Å²) in [5.74, 6) is 0. The molecule has 0 spiro atoms. The van der Waals surface area contributed by atoms with Crippen molar-refractivity contribution >= 4 is 50.0 Å². The van der Waals surface area contributed by atoms with Gasteiger partial charge in [0.1, 0.15) is 4.90 Å². The lowest BCUT2D eigenvalue weighted by Crippen LogP contribution is -2.38. The molecule has 1 aliphatic heterocycles. The lowest BCUT2D eigenvalue weighted by atomic mass is 10.3. The minimum absolute atomic E-state index is 0. The van der Waals surface area contributed by atoms with E-state index in [0.29, 0.717) is 6.54 Å². The van der Waals surface area contributed by atoms with Crippen molar-refractivity contribution in [2.45, 2.75) is 17.4 Å². The Labute approximate surface area is 133 Å². The quantitative estimate of drug-likeness (QED) is 0.863. The zero-order valence-electron chi connectivity index (χ0n) is 10.3. The van der Waals surface area contributed by atoms with Crippen LogP contribution in [0.4, 0.5) is 0 Å². The van der Waals surface area contributed by atoms with Crippen LogP contribution in [0.25, 0.3) is 0 Å². The maximum atomic E-state index is 12.4.